The van der Waals surface area contributed by atoms with Gasteiger partial charge in [0.05, 0.1) is 29.7 Å². The number of benzene rings is 2. The molecule has 0 saturated carbocycles. The van der Waals surface area contributed by atoms with Crippen molar-refractivity contribution in [2.24, 2.45) is 17.6 Å². The number of imide groups is 1. The van der Waals surface area contributed by atoms with Crippen LogP contribution in [-0.2, 0) is 29.5 Å². The molecular weight excluding hydrogens is 464 g/mol. The molecule has 1 spiro atoms. The molecule has 4 atom stereocenters. The van der Waals surface area contributed by atoms with Crippen LogP contribution in [0.3, 0.4) is 0 Å². The van der Waals surface area contributed by atoms with Crippen molar-refractivity contribution in [3.63, 3.8) is 0 Å². The first kappa shape index (κ1) is 23.7. The third-order valence-electron chi connectivity index (χ3n) is 7.48. The molecule has 0 radical (unpaired) electrons. The Hall–Kier alpha value is -4.05. The van der Waals surface area contributed by atoms with Gasteiger partial charge in [0.1, 0.15) is 5.54 Å². The van der Waals surface area contributed by atoms with Crippen molar-refractivity contribution in [1.82, 2.24) is 5.32 Å². The number of esters is 1. The van der Waals surface area contributed by atoms with Crippen LogP contribution in [-0.4, -0.2) is 42.2 Å². The number of primary amides is 1. The number of nitrogens with zero attached hydrogens (tertiary/aromatic N) is 1. The Labute approximate surface area is 207 Å². The second-order valence-electron chi connectivity index (χ2n) is 9.40. The Kier molecular flexibility index (Phi) is 5.44. The van der Waals surface area contributed by atoms with Gasteiger partial charge in [-0.2, -0.15) is 0 Å². The molecule has 0 aromatic heterocycles. The number of aryl methyl sites for hydroxylation is 1. The first-order valence-corrected chi connectivity index (χ1v) is 11.7. The molecule has 4 amide bonds. The lowest BCUT2D eigenvalue weighted by Crippen LogP contribution is -2.53. The van der Waals surface area contributed by atoms with Gasteiger partial charge >= 0.3 is 5.97 Å². The summed E-state index contributed by atoms with van der Waals surface area (Å²) in [4.78, 5) is 66.1. The third kappa shape index (κ3) is 3.17. The van der Waals surface area contributed by atoms with Crippen LogP contribution < -0.4 is 21.3 Å². The first-order chi connectivity index (χ1) is 17.1. The molecule has 3 aliphatic rings. The Morgan fingerprint density at radius 3 is 2.39 bits per heavy atom. The minimum absolute atomic E-state index is 0.214. The van der Waals surface area contributed by atoms with E-state index in [2.05, 4.69) is 10.6 Å². The fourth-order valence-electron chi connectivity index (χ4n) is 5.73. The number of amides is 4. The number of rotatable bonds is 5. The molecule has 0 unspecified atom stereocenters. The van der Waals surface area contributed by atoms with Gasteiger partial charge in [0.25, 0.3) is 0 Å². The molecular formula is C26H26N4O6. The van der Waals surface area contributed by atoms with Gasteiger partial charge in [0.15, 0.2) is 0 Å². The number of nitrogens with two attached hydrogens (primary N) is 1. The van der Waals surface area contributed by atoms with Crippen molar-refractivity contribution in [2.75, 3.05) is 16.8 Å². The van der Waals surface area contributed by atoms with Gasteiger partial charge < -0.3 is 15.8 Å². The zero-order valence-electron chi connectivity index (χ0n) is 20.1. The maximum Gasteiger partial charge on any atom is 0.338 e. The minimum Gasteiger partial charge on any atom is -0.462 e. The normalized spacial score (nSPS) is 26.2. The maximum atomic E-state index is 13.9. The lowest BCUT2D eigenvalue weighted by atomic mass is 9.76. The number of ether oxygens (including phenoxy) is 1. The van der Waals surface area contributed by atoms with Crippen LogP contribution in [0.15, 0.2) is 36.4 Å². The average Bonchev–Trinajstić information content (AvgIpc) is 3.41. The number of carbonyl (C=O) groups is 5. The highest BCUT2D eigenvalue weighted by Gasteiger charge is 2.70. The van der Waals surface area contributed by atoms with E-state index in [0.717, 1.165) is 16.0 Å². The van der Waals surface area contributed by atoms with Gasteiger partial charge in [-0.15, -0.1) is 0 Å². The Bertz CT molecular complexity index is 1340. The van der Waals surface area contributed by atoms with Crippen LogP contribution >= 0.6 is 0 Å². The molecule has 2 fully saturated rings. The van der Waals surface area contributed by atoms with Gasteiger partial charge in [-0.05, 0) is 56.2 Å². The molecule has 0 bridgehead atoms. The third-order valence-corrected chi connectivity index (χ3v) is 7.48. The Morgan fingerprint density at radius 1 is 1.06 bits per heavy atom. The van der Waals surface area contributed by atoms with Gasteiger partial charge in [-0.3, -0.25) is 24.5 Å². The summed E-state index contributed by atoms with van der Waals surface area (Å²) < 4.78 is 4.99. The highest BCUT2D eigenvalue weighted by molar-refractivity contribution is 6.26. The lowest BCUT2D eigenvalue weighted by Gasteiger charge is -2.29. The van der Waals surface area contributed by atoms with Crippen molar-refractivity contribution in [3.8, 4) is 0 Å². The summed E-state index contributed by atoms with van der Waals surface area (Å²) in [6.07, 6.45) is -0.217. The van der Waals surface area contributed by atoms with Gasteiger partial charge in [-0.1, -0.05) is 12.1 Å². The SMILES string of the molecule is CCOC(=O)c1ccc(N2C(=O)[C@H]3[C@@H](C2=O)[C@]2(N[C@@H]3CC(N)=O)C(=O)Nc3c2ccc(C)c3C)cc1. The predicted octanol–water partition coefficient (Wildman–Crippen LogP) is 1.28. The Balaban J connectivity index is 1.60. The summed E-state index contributed by atoms with van der Waals surface area (Å²) in [5, 5.41) is 6.08. The van der Waals surface area contributed by atoms with Gasteiger partial charge in [0.2, 0.25) is 23.6 Å². The summed E-state index contributed by atoms with van der Waals surface area (Å²) in [7, 11) is 0. The van der Waals surface area contributed by atoms with E-state index in [9.17, 15) is 24.0 Å². The fourth-order valence-corrected chi connectivity index (χ4v) is 5.73. The highest BCUT2D eigenvalue weighted by Crippen LogP contribution is 2.54. The summed E-state index contributed by atoms with van der Waals surface area (Å²) >= 11 is 0. The van der Waals surface area contributed by atoms with E-state index in [4.69, 9.17) is 10.5 Å². The number of anilines is 2. The number of nitrogens with one attached hydrogen (secondary N) is 2. The molecule has 3 aliphatic heterocycles. The standard InChI is InChI=1S/C26H26N4O6/c1-4-36-24(34)14-6-8-15(9-7-14)30-22(32)19-17(11-18(27)31)29-26(20(19)23(30)33)16-10-5-12(2)13(3)21(16)28-25(26)35/h5-10,17,19-20,29H,4,11H2,1-3H3,(H2,27,31)(H,28,35)/t17-,19-,20+,26+/m1/s1. The van der Waals surface area contributed by atoms with Crippen LogP contribution in [0.4, 0.5) is 11.4 Å². The van der Waals surface area contributed by atoms with E-state index in [0.29, 0.717) is 11.3 Å². The Morgan fingerprint density at radius 2 is 1.75 bits per heavy atom. The molecule has 0 aliphatic carbocycles. The molecule has 2 aromatic carbocycles. The molecule has 4 N–H and O–H groups in total. The minimum atomic E-state index is -1.52. The molecule has 2 aromatic rings. The van der Waals surface area contributed by atoms with Gasteiger partial charge in [0, 0.05) is 23.7 Å². The predicted molar refractivity (Wildman–Crippen MR) is 129 cm³/mol. The van der Waals surface area contributed by atoms with Crippen molar-refractivity contribution >= 4 is 41.0 Å². The van der Waals surface area contributed by atoms with Crippen LogP contribution in [0.1, 0.15) is 40.4 Å². The summed E-state index contributed by atoms with van der Waals surface area (Å²) in [6, 6.07) is 8.75. The summed E-state index contributed by atoms with van der Waals surface area (Å²) in [6.45, 7) is 5.70. The topological polar surface area (TPSA) is 148 Å². The van der Waals surface area contributed by atoms with E-state index in [1.807, 2.05) is 19.9 Å². The molecule has 2 saturated heterocycles. The first-order valence-electron chi connectivity index (χ1n) is 11.7. The van der Waals surface area contributed by atoms with Crippen molar-refractivity contribution < 1.29 is 28.7 Å². The second kappa shape index (κ2) is 8.27. The fraction of sp³-hybridized carbons (Fsp3) is 0.346. The largest absolute Gasteiger partial charge is 0.462 e. The van der Waals surface area contributed by atoms with E-state index >= 15 is 0 Å². The smallest absolute Gasteiger partial charge is 0.338 e. The molecule has 10 nitrogen and oxygen atoms in total. The summed E-state index contributed by atoms with van der Waals surface area (Å²) in [5.41, 5.74) is 7.49. The number of fused-ring (bicyclic) bond motifs is 4. The summed E-state index contributed by atoms with van der Waals surface area (Å²) in [5.74, 6) is -4.78. The van der Waals surface area contributed by atoms with Crippen LogP contribution in [0.2, 0.25) is 0 Å². The molecule has 3 heterocycles. The van der Waals surface area contributed by atoms with Crippen molar-refractivity contribution in [2.45, 2.75) is 38.8 Å². The zero-order valence-corrected chi connectivity index (χ0v) is 20.1. The molecule has 5 rings (SSSR count). The highest BCUT2D eigenvalue weighted by atomic mass is 16.5. The number of carbonyl (C=O) groups excluding carboxylic acids is 5. The maximum absolute atomic E-state index is 13.9. The molecule has 10 heteroatoms. The van der Waals surface area contributed by atoms with Crippen LogP contribution in [0.25, 0.3) is 0 Å². The van der Waals surface area contributed by atoms with Crippen molar-refractivity contribution in [3.05, 3.63) is 58.7 Å². The molecule has 36 heavy (non-hydrogen) atoms. The average molecular weight is 491 g/mol. The van der Waals surface area contributed by atoms with E-state index < -0.39 is 53.0 Å². The second-order valence-corrected chi connectivity index (χ2v) is 9.40. The molecule has 186 valence electrons. The van der Waals surface area contributed by atoms with Crippen molar-refractivity contribution in [1.29, 1.82) is 0 Å². The van der Waals surface area contributed by atoms with E-state index in [-0.39, 0.29) is 24.3 Å². The zero-order chi connectivity index (χ0) is 25.9. The lowest BCUT2D eigenvalue weighted by molar-refractivity contribution is -0.130. The quantitative estimate of drug-likeness (QED) is 0.422. The number of hydrogen-bond donors (Lipinski definition) is 3. The van der Waals surface area contributed by atoms with Crippen LogP contribution in [0.5, 0.6) is 0 Å². The van der Waals surface area contributed by atoms with E-state index in [1.54, 1.807) is 13.0 Å². The monoisotopic (exact) mass is 490 g/mol. The van der Waals surface area contributed by atoms with Gasteiger partial charge in [-0.25, -0.2) is 9.69 Å². The number of hydrogen-bond acceptors (Lipinski definition) is 7. The van der Waals surface area contributed by atoms with E-state index in [1.165, 1.54) is 24.3 Å². The van der Waals surface area contributed by atoms with Crippen LogP contribution in [0, 0.1) is 25.7 Å².